The molecule has 0 saturated carbocycles. The average Bonchev–Trinajstić information content (AvgIpc) is 2.36. The van der Waals surface area contributed by atoms with E-state index in [0.29, 0.717) is 5.02 Å². The number of aryl methyl sites for hydroxylation is 2. The van der Waals surface area contributed by atoms with Crippen molar-refractivity contribution in [1.29, 1.82) is 0 Å². The van der Waals surface area contributed by atoms with Crippen molar-refractivity contribution >= 4 is 27.5 Å². The quantitative estimate of drug-likeness (QED) is 0.647. The second-order valence-corrected chi connectivity index (χ2v) is 5.95. The molecule has 3 N–H and O–H groups in total. The minimum atomic E-state index is -0.120. The van der Waals surface area contributed by atoms with Crippen LogP contribution in [0.25, 0.3) is 0 Å². The van der Waals surface area contributed by atoms with Crippen LogP contribution in [-0.4, -0.2) is 0 Å². The molecule has 1 unspecified atom stereocenters. The molecule has 0 aromatic heterocycles. The third kappa shape index (κ3) is 3.18. The summed E-state index contributed by atoms with van der Waals surface area (Å²) >= 11 is 9.76. The fourth-order valence-electron chi connectivity index (χ4n) is 2.23. The smallest absolute Gasteiger partial charge is 0.0727 e. The second kappa shape index (κ2) is 6.06. The van der Waals surface area contributed by atoms with Gasteiger partial charge in [-0.3, -0.25) is 5.84 Å². The lowest BCUT2D eigenvalue weighted by molar-refractivity contribution is 0.633. The number of benzene rings is 2. The first kappa shape index (κ1) is 14.5. The van der Waals surface area contributed by atoms with Gasteiger partial charge >= 0.3 is 0 Å². The zero-order chi connectivity index (χ0) is 14.0. The van der Waals surface area contributed by atoms with E-state index >= 15 is 0 Å². The number of hydrazine groups is 1. The van der Waals surface area contributed by atoms with Gasteiger partial charge in [0.2, 0.25) is 0 Å². The Morgan fingerprint density at radius 3 is 2.47 bits per heavy atom. The highest BCUT2D eigenvalue weighted by molar-refractivity contribution is 9.10. The third-order valence-electron chi connectivity index (χ3n) is 3.17. The number of rotatable bonds is 3. The normalized spacial score (nSPS) is 12.5. The molecular weight excluding hydrogens is 324 g/mol. The highest BCUT2D eigenvalue weighted by Gasteiger charge is 2.17. The van der Waals surface area contributed by atoms with Crippen molar-refractivity contribution in [3.05, 3.63) is 68.1 Å². The zero-order valence-corrected chi connectivity index (χ0v) is 13.2. The van der Waals surface area contributed by atoms with E-state index in [4.69, 9.17) is 17.4 Å². The number of hydrogen-bond donors (Lipinski definition) is 2. The summed E-state index contributed by atoms with van der Waals surface area (Å²) in [5, 5.41) is 0.700. The summed E-state index contributed by atoms with van der Waals surface area (Å²) in [4.78, 5) is 0. The summed E-state index contributed by atoms with van der Waals surface area (Å²) in [6.45, 7) is 4.16. The molecule has 0 aliphatic heterocycles. The van der Waals surface area contributed by atoms with E-state index in [1.807, 2.05) is 18.2 Å². The molecule has 0 aliphatic rings. The van der Waals surface area contributed by atoms with E-state index in [0.717, 1.165) is 15.6 Å². The lowest BCUT2D eigenvalue weighted by Crippen LogP contribution is -2.29. The Kier molecular flexibility index (Phi) is 4.63. The fourth-order valence-corrected chi connectivity index (χ4v) is 2.84. The molecular formula is C15H16BrClN2. The lowest BCUT2D eigenvalue weighted by atomic mass is 9.94. The Hall–Kier alpha value is -0.870. The van der Waals surface area contributed by atoms with Crippen molar-refractivity contribution in [2.75, 3.05) is 0 Å². The van der Waals surface area contributed by atoms with Gasteiger partial charge in [0, 0.05) is 9.50 Å². The molecule has 0 fully saturated rings. The number of halogens is 2. The summed E-state index contributed by atoms with van der Waals surface area (Å²) < 4.78 is 0.983. The first-order valence-electron chi connectivity index (χ1n) is 6.01. The Morgan fingerprint density at radius 1 is 1.11 bits per heavy atom. The van der Waals surface area contributed by atoms with Crippen molar-refractivity contribution in [2.45, 2.75) is 19.9 Å². The van der Waals surface area contributed by atoms with Gasteiger partial charge in [0.1, 0.15) is 0 Å². The van der Waals surface area contributed by atoms with Crippen LogP contribution in [0.15, 0.2) is 40.9 Å². The topological polar surface area (TPSA) is 38.0 Å². The van der Waals surface area contributed by atoms with Crippen LogP contribution in [0.2, 0.25) is 5.02 Å². The van der Waals surface area contributed by atoms with Crippen molar-refractivity contribution in [2.24, 2.45) is 5.84 Å². The van der Waals surface area contributed by atoms with Crippen LogP contribution in [-0.2, 0) is 0 Å². The van der Waals surface area contributed by atoms with Gasteiger partial charge in [-0.05, 0) is 48.7 Å². The molecule has 2 aromatic carbocycles. The van der Waals surface area contributed by atoms with Crippen LogP contribution in [0.4, 0.5) is 0 Å². The molecule has 2 nitrogen and oxygen atoms in total. The van der Waals surface area contributed by atoms with Gasteiger partial charge < -0.3 is 0 Å². The monoisotopic (exact) mass is 338 g/mol. The van der Waals surface area contributed by atoms with Gasteiger partial charge in [-0.25, -0.2) is 5.43 Å². The van der Waals surface area contributed by atoms with Crippen molar-refractivity contribution < 1.29 is 0 Å². The van der Waals surface area contributed by atoms with Crippen molar-refractivity contribution in [3.63, 3.8) is 0 Å². The van der Waals surface area contributed by atoms with Gasteiger partial charge in [0.25, 0.3) is 0 Å². The minimum absolute atomic E-state index is 0.120. The molecule has 100 valence electrons. The molecule has 0 radical (unpaired) electrons. The van der Waals surface area contributed by atoms with Gasteiger partial charge in [-0.15, -0.1) is 0 Å². The van der Waals surface area contributed by atoms with E-state index in [1.165, 1.54) is 11.1 Å². The lowest BCUT2D eigenvalue weighted by Gasteiger charge is -2.21. The highest BCUT2D eigenvalue weighted by atomic mass is 79.9. The molecule has 2 rings (SSSR count). The molecule has 0 heterocycles. The van der Waals surface area contributed by atoms with Gasteiger partial charge in [-0.1, -0.05) is 51.3 Å². The maximum Gasteiger partial charge on any atom is 0.0727 e. The Balaban J connectivity index is 2.52. The molecule has 19 heavy (non-hydrogen) atoms. The summed E-state index contributed by atoms with van der Waals surface area (Å²) in [5.41, 5.74) is 7.38. The van der Waals surface area contributed by atoms with E-state index in [9.17, 15) is 0 Å². The molecule has 0 spiro atoms. The number of nitrogens with one attached hydrogen (secondary N) is 1. The van der Waals surface area contributed by atoms with E-state index in [1.54, 1.807) is 0 Å². The summed E-state index contributed by atoms with van der Waals surface area (Å²) in [5.74, 6) is 5.74. The first-order valence-corrected chi connectivity index (χ1v) is 7.18. The maximum atomic E-state index is 6.29. The van der Waals surface area contributed by atoms with Crippen LogP contribution in [0.5, 0.6) is 0 Å². The van der Waals surface area contributed by atoms with Crippen LogP contribution in [0, 0.1) is 13.8 Å². The summed E-state index contributed by atoms with van der Waals surface area (Å²) in [6, 6.07) is 12.0. The van der Waals surface area contributed by atoms with Gasteiger partial charge in [-0.2, -0.15) is 0 Å². The first-order chi connectivity index (χ1) is 9.02. The molecule has 1 atom stereocenters. The van der Waals surface area contributed by atoms with Crippen molar-refractivity contribution in [3.8, 4) is 0 Å². The summed E-state index contributed by atoms with van der Waals surface area (Å²) in [6.07, 6.45) is 0. The van der Waals surface area contributed by atoms with Crippen LogP contribution < -0.4 is 11.3 Å². The SMILES string of the molecule is Cc1ccc(C(NN)c2cc(Br)ccc2Cl)c(C)c1. The van der Waals surface area contributed by atoms with Gasteiger partial charge in [0.15, 0.2) is 0 Å². The van der Waals surface area contributed by atoms with Crippen molar-refractivity contribution in [1.82, 2.24) is 5.43 Å². The van der Waals surface area contributed by atoms with E-state index in [2.05, 4.69) is 53.4 Å². The molecule has 0 aliphatic carbocycles. The Morgan fingerprint density at radius 2 is 1.84 bits per heavy atom. The molecule has 0 bridgehead atoms. The average molecular weight is 340 g/mol. The largest absolute Gasteiger partial charge is 0.271 e. The van der Waals surface area contributed by atoms with Crippen LogP contribution >= 0.6 is 27.5 Å². The second-order valence-electron chi connectivity index (χ2n) is 4.63. The van der Waals surface area contributed by atoms with E-state index in [-0.39, 0.29) is 6.04 Å². The highest BCUT2D eigenvalue weighted by Crippen LogP contribution is 2.32. The van der Waals surface area contributed by atoms with E-state index < -0.39 is 0 Å². The number of nitrogens with two attached hydrogens (primary N) is 1. The molecule has 2 aromatic rings. The third-order valence-corrected chi connectivity index (χ3v) is 4.01. The Labute approximate surface area is 127 Å². The molecule has 0 amide bonds. The minimum Gasteiger partial charge on any atom is -0.271 e. The standard InChI is InChI=1S/C15H16BrClN2/c1-9-3-5-12(10(2)7-9)15(19-18)13-8-11(16)4-6-14(13)17/h3-8,15,19H,18H2,1-2H3. The van der Waals surface area contributed by atoms with Crippen LogP contribution in [0.3, 0.4) is 0 Å². The molecule has 4 heteroatoms. The predicted octanol–water partition coefficient (Wildman–Crippen LogP) is 4.27. The maximum absolute atomic E-state index is 6.29. The fraction of sp³-hybridized carbons (Fsp3) is 0.200. The molecule has 0 saturated heterocycles. The van der Waals surface area contributed by atoms with Gasteiger partial charge in [0.05, 0.1) is 6.04 Å². The zero-order valence-electron chi connectivity index (χ0n) is 10.9. The Bertz CT molecular complexity index is 599. The predicted molar refractivity (Wildman–Crippen MR) is 84.2 cm³/mol. The van der Waals surface area contributed by atoms with Crippen LogP contribution in [0.1, 0.15) is 28.3 Å². The summed E-state index contributed by atoms with van der Waals surface area (Å²) in [7, 11) is 0. The number of hydrogen-bond acceptors (Lipinski definition) is 2.